The standard InChI is InChI=1S/C17H28N2S/c1-13-4-3-8-19(9-7-13)12-15-10-17(20-14(15)2)11-18-16-5-6-16/h10,13,16,18H,3-9,11-12H2,1-2H3. The molecule has 2 fully saturated rings. The number of rotatable bonds is 5. The summed E-state index contributed by atoms with van der Waals surface area (Å²) in [5.74, 6) is 0.918. The molecule has 0 aromatic carbocycles. The van der Waals surface area contributed by atoms with Gasteiger partial charge >= 0.3 is 0 Å². The van der Waals surface area contributed by atoms with Crippen LogP contribution < -0.4 is 5.32 Å². The lowest BCUT2D eigenvalue weighted by atomic mass is 10.0. The van der Waals surface area contributed by atoms with Crippen molar-refractivity contribution < 1.29 is 0 Å². The number of nitrogens with zero attached hydrogens (tertiary/aromatic N) is 1. The molecule has 3 rings (SSSR count). The molecule has 2 aliphatic rings. The monoisotopic (exact) mass is 292 g/mol. The van der Waals surface area contributed by atoms with Crippen molar-refractivity contribution in [1.29, 1.82) is 0 Å². The topological polar surface area (TPSA) is 15.3 Å². The average molecular weight is 292 g/mol. The Morgan fingerprint density at radius 1 is 1.25 bits per heavy atom. The predicted molar refractivity (Wildman–Crippen MR) is 87.2 cm³/mol. The van der Waals surface area contributed by atoms with Crippen molar-refractivity contribution in [3.8, 4) is 0 Å². The van der Waals surface area contributed by atoms with E-state index in [0.717, 1.165) is 18.5 Å². The zero-order valence-corrected chi connectivity index (χ0v) is 13.8. The zero-order chi connectivity index (χ0) is 13.9. The highest BCUT2D eigenvalue weighted by Gasteiger charge is 2.21. The van der Waals surface area contributed by atoms with Crippen molar-refractivity contribution in [2.24, 2.45) is 5.92 Å². The van der Waals surface area contributed by atoms with Gasteiger partial charge in [-0.3, -0.25) is 4.90 Å². The second kappa shape index (κ2) is 6.59. The molecule has 20 heavy (non-hydrogen) atoms. The summed E-state index contributed by atoms with van der Waals surface area (Å²) in [4.78, 5) is 5.71. The van der Waals surface area contributed by atoms with E-state index in [2.05, 4.69) is 30.1 Å². The van der Waals surface area contributed by atoms with Crippen molar-refractivity contribution >= 4 is 11.3 Å². The number of hydrogen-bond acceptors (Lipinski definition) is 3. The Bertz CT molecular complexity index is 436. The van der Waals surface area contributed by atoms with Crippen LogP contribution in [-0.2, 0) is 13.1 Å². The first-order valence-electron chi connectivity index (χ1n) is 8.24. The molecular formula is C17H28N2S. The molecule has 0 radical (unpaired) electrons. The fraction of sp³-hybridized carbons (Fsp3) is 0.765. The minimum Gasteiger partial charge on any atom is -0.309 e. The minimum atomic E-state index is 0.813. The molecule has 1 aromatic rings. The van der Waals surface area contributed by atoms with Gasteiger partial charge in [-0.15, -0.1) is 11.3 Å². The first-order valence-corrected chi connectivity index (χ1v) is 9.06. The highest BCUT2D eigenvalue weighted by molar-refractivity contribution is 7.12. The van der Waals surface area contributed by atoms with Crippen LogP contribution in [0.2, 0.25) is 0 Å². The van der Waals surface area contributed by atoms with E-state index in [9.17, 15) is 0 Å². The molecular weight excluding hydrogens is 264 g/mol. The van der Waals surface area contributed by atoms with Crippen molar-refractivity contribution in [2.45, 2.75) is 65.1 Å². The first kappa shape index (κ1) is 14.6. The Morgan fingerprint density at radius 3 is 2.90 bits per heavy atom. The summed E-state index contributed by atoms with van der Waals surface area (Å²) in [6.07, 6.45) is 6.92. The fourth-order valence-electron chi connectivity index (χ4n) is 3.09. The van der Waals surface area contributed by atoms with E-state index in [1.807, 2.05) is 11.3 Å². The summed E-state index contributed by atoms with van der Waals surface area (Å²) in [7, 11) is 0. The van der Waals surface area contributed by atoms with Crippen molar-refractivity contribution in [3.05, 3.63) is 21.4 Å². The number of aryl methyl sites for hydroxylation is 1. The van der Waals surface area contributed by atoms with Gasteiger partial charge in [-0.25, -0.2) is 0 Å². The van der Waals surface area contributed by atoms with Gasteiger partial charge in [0, 0.05) is 28.9 Å². The van der Waals surface area contributed by atoms with E-state index in [1.165, 1.54) is 61.5 Å². The van der Waals surface area contributed by atoms with Gasteiger partial charge in [-0.1, -0.05) is 6.92 Å². The van der Waals surface area contributed by atoms with Crippen LogP contribution >= 0.6 is 11.3 Å². The first-order chi connectivity index (χ1) is 9.70. The van der Waals surface area contributed by atoms with Gasteiger partial charge < -0.3 is 5.32 Å². The lowest BCUT2D eigenvalue weighted by Crippen LogP contribution is -2.24. The van der Waals surface area contributed by atoms with E-state index in [4.69, 9.17) is 0 Å². The van der Waals surface area contributed by atoms with E-state index in [0.29, 0.717) is 0 Å². The minimum absolute atomic E-state index is 0.813. The van der Waals surface area contributed by atoms with Crippen LogP contribution in [0.5, 0.6) is 0 Å². The summed E-state index contributed by atoms with van der Waals surface area (Å²) in [5, 5.41) is 3.63. The van der Waals surface area contributed by atoms with Crippen LogP contribution in [-0.4, -0.2) is 24.0 Å². The van der Waals surface area contributed by atoms with Crippen molar-refractivity contribution in [1.82, 2.24) is 10.2 Å². The molecule has 0 amide bonds. The summed E-state index contributed by atoms with van der Waals surface area (Å²) >= 11 is 1.99. The van der Waals surface area contributed by atoms with Crippen LogP contribution in [0.1, 0.15) is 54.3 Å². The molecule has 1 aliphatic carbocycles. The summed E-state index contributed by atoms with van der Waals surface area (Å²) in [5.41, 5.74) is 1.57. The number of hydrogen-bond donors (Lipinski definition) is 1. The molecule has 2 nitrogen and oxygen atoms in total. The molecule has 3 heteroatoms. The Balaban J connectivity index is 1.55. The molecule has 1 aliphatic heterocycles. The van der Waals surface area contributed by atoms with Gasteiger partial charge in [-0.05, 0) is 69.7 Å². The molecule has 0 bridgehead atoms. The zero-order valence-electron chi connectivity index (χ0n) is 13.0. The van der Waals surface area contributed by atoms with E-state index in [-0.39, 0.29) is 0 Å². The largest absolute Gasteiger partial charge is 0.309 e. The highest BCUT2D eigenvalue weighted by Crippen LogP contribution is 2.26. The third kappa shape index (κ3) is 4.06. The van der Waals surface area contributed by atoms with Crippen LogP contribution in [0.3, 0.4) is 0 Å². The molecule has 1 saturated heterocycles. The Labute approximate surface area is 127 Å². The molecule has 1 N–H and O–H groups in total. The number of thiophene rings is 1. The maximum atomic E-state index is 3.63. The highest BCUT2D eigenvalue weighted by atomic mass is 32.1. The normalized spacial score (nSPS) is 24.8. The van der Waals surface area contributed by atoms with E-state index < -0.39 is 0 Å². The predicted octanol–water partition coefficient (Wildman–Crippen LogP) is 3.93. The summed E-state index contributed by atoms with van der Waals surface area (Å²) in [6, 6.07) is 3.26. The molecule has 1 aromatic heterocycles. The van der Waals surface area contributed by atoms with Gasteiger partial charge in [0.05, 0.1) is 0 Å². The van der Waals surface area contributed by atoms with Crippen LogP contribution in [0.25, 0.3) is 0 Å². The lowest BCUT2D eigenvalue weighted by Gasteiger charge is -2.19. The maximum absolute atomic E-state index is 3.63. The quantitative estimate of drug-likeness (QED) is 0.884. The van der Waals surface area contributed by atoms with Gasteiger partial charge in [0.1, 0.15) is 0 Å². The van der Waals surface area contributed by atoms with Crippen molar-refractivity contribution in [2.75, 3.05) is 13.1 Å². The SMILES string of the molecule is Cc1sc(CNC2CC2)cc1CN1CCCC(C)CC1. The van der Waals surface area contributed by atoms with Gasteiger partial charge in [0.25, 0.3) is 0 Å². The summed E-state index contributed by atoms with van der Waals surface area (Å²) < 4.78 is 0. The molecule has 1 atom stereocenters. The lowest BCUT2D eigenvalue weighted by molar-refractivity contribution is 0.273. The molecule has 112 valence electrons. The number of nitrogens with one attached hydrogen (secondary N) is 1. The second-order valence-corrected chi connectivity index (χ2v) is 8.10. The Hall–Kier alpha value is -0.380. The average Bonchev–Trinajstić information content (AvgIpc) is 3.20. The fourth-order valence-corrected chi connectivity index (χ4v) is 4.09. The summed E-state index contributed by atoms with van der Waals surface area (Å²) in [6.45, 7) is 9.51. The van der Waals surface area contributed by atoms with Crippen LogP contribution in [0, 0.1) is 12.8 Å². The maximum Gasteiger partial charge on any atom is 0.0302 e. The van der Waals surface area contributed by atoms with E-state index >= 15 is 0 Å². The Morgan fingerprint density at radius 2 is 2.10 bits per heavy atom. The van der Waals surface area contributed by atoms with Gasteiger partial charge in [-0.2, -0.15) is 0 Å². The molecule has 2 heterocycles. The second-order valence-electron chi connectivity index (χ2n) is 6.76. The third-order valence-corrected chi connectivity index (χ3v) is 5.81. The van der Waals surface area contributed by atoms with Gasteiger partial charge in [0.2, 0.25) is 0 Å². The van der Waals surface area contributed by atoms with Crippen LogP contribution in [0.15, 0.2) is 6.07 Å². The Kier molecular flexibility index (Phi) is 4.79. The van der Waals surface area contributed by atoms with Gasteiger partial charge in [0.15, 0.2) is 0 Å². The van der Waals surface area contributed by atoms with Crippen LogP contribution in [0.4, 0.5) is 0 Å². The third-order valence-electron chi connectivity index (χ3n) is 4.72. The van der Waals surface area contributed by atoms with E-state index in [1.54, 1.807) is 5.56 Å². The molecule has 0 spiro atoms. The van der Waals surface area contributed by atoms with Crippen molar-refractivity contribution in [3.63, 3.8) is 0 Å². The smallest absolute Gasteiger partial charge is 0.0302 e. The number of likely N-dealkylation sites (tertiary alicyclic amines) is 1. The molecule has 1 unspecified atom stereocenters. The molecule has 1 saturated carbocycles.